The largest absolute Gasteiger partial charge is 0.379 e. The van der Waals surface area contributed by atoms with Crippen LogP contribution < -0.4 is 16.0 Å². The molecular weight excluding hydrogens is 838 g/mol. The van der Waals surface area contributed by atoms with E-state index in [-0.39, 0.29) is 115 Å². The highest BCUT2D eigenvalue weighted by molar-refractivity contribution is 8.10. The first-order chi connectivity index (χ1) is 29.6. The molecule has 3 fully saturated rings. The molecule has 15 nitrogen and oxygen atoms in total. The molecule has 0 aromatic carbocycles. The maximum Gasteiger partial charge on any atom is 0.226 e. The first kappa shape index (κ1) is 55.2. The van der Waals surface area contributed by atoms with E-state index in [1.54, 1.807) is 0 Å². The van der Waals surface area contributed by atoms with Gasteiger partial charge in [-0.25, -0.2) is 0 Å². The van der Waals surface area contributed by atoms with Gasteiger partial charge in [0.25, 0.3) is 0 Å². The molecule has 1 atom stereocenters. The van der Waals surface area contributed by atoms with Gasteiger partial charge in [0.1, 0.15) is 25.6 Å². The molecule has 0 heterocycles. The Kier molecular flexibility index (Phi) is 26.3. The third kappa shape index (κ3) is 21.2. The average molecular weight is 910 g/mol. The van der Waals surface area contributed by atoms with Crippen LogP contribution in [0, 0.1) is 42.4 Å². The van der Waals surface area contributed by atoms with Gasteiger partial charge in [0.15, 0.2) is 6.49 Å². The van der Waals surface area contributed by atoms with Crippen LogP contribution in [0.15, 0.2) is 0 Å². The molecule has 0 spiro atoms. The van der Waals surface area contributed by atoms with Gasteiger partial charge in [-0.05, 0) is 76.0 Å². The van der Waals surface area contributed by atoms with E-state index in [0.717, 1.165) is 0 Å². The summed E-state index contributed by atoms with van der Waals surface area (Å²) in [6.45, 7) is 6.54. The second-order valence-electron chi connectivity index (χ2n) is 16.9. The van der Waals surface area contributed by atoms with Gasteiger partial charge in [0, 0.05) is 61.5 Å². The van der Waals surface area contributed by atoms with E-state index >= 15 is 0 Å². The fourth-order valence-corrected chi connectivity index (χ4v) is 8.85. The number of nitrogens with one attached hydrogen (secondary N) is 3. The van der Waals surface area contributed by atoms with Crippen molar-refractivity contribution in [2.45, 2.75) is 127 Å². The predicted molar refractivity (Wildman–Crippen MR) is 240 cm³/mol. The maximum atomic E-state index is 14.7. The van der Waals surface area contributed by atoms with Crippen LogP contribution >= 0.6 is 6.49 Å². The van der Waals surface area contributed by atoms with Gasteiger partial charge in [-0.1, -0.05) is 38.5 Å². The van der Waals surface area contributed by atoms with E-state index in [1.807, 2.05) is 20.8 Å². The lowest BCUT2D eigenvalue weighted by molar-refractivity contribution is -0.148. The van der Waals surface area contributed by atoms with Crippen LogP contribution in [-0.2, 0) is 63.9 Å². The summed E-state index contributed by atoms with van der Waals surface area (Å²) in [6.07, 6.45) is 20.4. The van der Waals surface area contributed by atoms with E-state index in [2.05, 4.69) is 33.7 Å². The van der Waals surface area contributed by atoms with Gasteiger partial charge in [-0.3, -0.25) is 19.2 Å². The Hall–Kier alpha value is -2.91. The molecule has 3 aliphatic carbocycles. The van der Waals surface area contributed by atoms with Crippen LogP contribution in [0.25, 0.3) is 0 Å². The molecule has 17 heteroatoms. The van der Waals surface area contributed by atoms with E-state index in [4.69, 9.17) is 64.0 Å². The number of Topliss-reactive ketones (excluding diaryl/α,β-unsaturated/α-hetero) is 1. The number of ether oxygens (including phenoxy) is 6. The average Bonchev–Trinajstić information content (AvgIpc) is 3.24. The number of rotatable bonds is 35. The third-order valence-corrected chi connectivity index (χ3v) is 15.5. The summed E-state index contributed by atoms with van der Waals surface area (Å²) in [6, 6.07) is 0. The number of terminal acetylenes is 3. The minimum atomic E-state index is -3.13. The zero-order chi connectivity index (χ0) is 45.8. The van der Waals surface area contributed by atoms with Crippen LogP contribution in [0.3, 0.4) is 0 Å². The predicted octanol–water partition coefficient (Wildman–Crippen LogP) is 3.97. The van der Waals surface area contributed by atoms with Gasteiger partial charge < -0.3 is 53.8 Å². The second kappa shape index (κ2) is 29.5. The van der Waals surface area contributed by atoms with Gasteiger partial charge in [-0.15, -0.1) is 19.3 Å². The van der Waals surface area contributed by atoms with Crippen molar-refractivity contribution in [3.05, 3.63) is 0 Å². The molecule has 3 saturated carbocycles. The Balaban J connectivity index is 2.22. The number of hydrogen-bond donors (Lipinski definition) is 4. The molecule has 2 bridgehead atoms. The number of carbonyl (C=O) groups is 4. The van der Waals surface area contributed by atoms with Crippen molar-refractivity contribution in [3.8, 4) is 37.0 Å². The molecule has 0 radical (unpaired) electrons. The number of hydrogen-bond acceptors (Lipinski definition) is 12. The van der Waals surface area contributed by atoms with Gasteiger partial charge >= 0.3 is 0 Å². The van der Waals surface area contributed by atoms with Gasteiger partial charge in [-0.2, -0.15) is 0 Å². The van der Waals surface area contributed by atoms with Crippen molar-refractivity contribution in [2.24, 2.45) is 5.41 Å². The Bertz CT molecular complexity index is 1430. The monoisotopic (exact) mass is 909 g/mol. The zero-order valence-corrected chi connectivity index (χ0v) is 39.0. The molecule has 0 saturated heterocycles. The molecule has 4 N–H and O–H groups in total. The standard InChI is InChI=1S/C45H72N3O12PS/c1-7-26-54-32-35-57-29-10-11-38(49)12-15-44(16-13-39(50)46-24-30-58-36-33-55-27-8-2,17-14-40(51)47-25-31-59-37-34-56-28-9-3)48-41(52)43-18-21-45(22-19-43,23-20-43)60-61(53,62)42(4,5)6/h1-3H,10-37H2,4-6H3,(H,46,50)(H,47,51)(H,48,52)(H,53,62). The molecule has 1 unspecified atom stereocenters. The first-order valence-electron chi connectivity index (χ1n) is 21.8. The van der Waals surface area contributed by atoms with Crippen molar-refractivity contribution >= 4 is 41.8 Å². The van der Waals surface area contributed by atoms with Crippen molar-refractivity contribution in [1.29, 1.82) is 0 Å². The van der Waals surface area contributed by atoms with Gasteiger partial charge in [0.2, 0.25) is 17.7 Å². The Labute approximate surface area is 375 Å². The van der Waals surface area contributed by atoms with Crippen LogP contribution in [0.5, 0.6) is 0 Å². The molecule has 0 aliphatic heterocycles. The van der Waals surface area contributed by atoms with Crippen LogP contribution in [0.4, 0.5) is 0 Å². The highest BCUT2D eigenvalue weighted by atomic mass is 32.5. The number of ketones is 1. The van der Waals surface area contributed by atoms with E-state index in [9.17, 15) is 24.1 Å². The molecular formula is C45H72N3O12PS. The number of amides is 3. The van der Waals surface area contributed by atoms with Crippen molar-refractivity contribution in [3.63, 3.8) is 0 Å². The minimum absolute atomic E-state index is 0.0227. The lowest BCUT2D eigenvalue weighted by atomic mass is 9.58. The summed E-state index contributed by atoms with van der Waals surface area (Å²) in [5.41, 5.74) is -2.37. The summed E-state index contributed by atoms with van der Waals surface area (Å²) in [5, 5.41) is 8.51. The Morgan fingerprint density at radius 3 is 1.48 bits per heavy atom. The zero-order valence-electron chi connectivity index (χ0n) is 37.3. The summed E-state index contributed by atoms with van der Waals surface area (Å²) < 4.78 is 38.7. The molecule has 62 heavy (non-hydrogen) atoms. The Morgan fingerprint density at radius 1 is 0.629 bits per heavy atom. The third-order valence-electron chi connectivity index (χ3n) is 11.3. The summed E-state index contributed by atoms with van der Waals surface area (Å²) >= 11 is 5.61. The highest BCUT2D eigenvalue weighted by Crippen LogP contribution is 2.64. The molecule has 350 valence electrons. The lowest BCUT2D eigenvalue weighted by Gasteiger charge is -2.54. The maximum absolute atomic E-state index is 14.7. The van der Waals surface area contributed by atoms with E-state index in [0.29, 0.717) is 91.2 Å². The van der Waals surface area contributed by atoms with Crippen LogP contribution in [-0.4, -0.2) is 137 Å². The second-order valence-corrected chi connectivity index (χ2v) is 21.0. The van der Waals surface area contributed by atoms with Gasteiger partial charge in [0.05, 0.1) is 58.5 Å². The smallest absolute Gasteiger partial charge is 0.226 e. The molecule has 3 aliphatic rings. The molecule has 0 aromatic heterocycles. The quantitative estimate of drug-likeness (QED) is 0.0407. The summed E-state index contributed by atoms with van der Waals surface area (Å²) in [4.78, 5) is 65.8. The highest BCUT2D eigenvalue weighted by Gasteiger charge is 2.56. The van der Waals surface area contributed by atoms with Crippen molar-refractivity contribution < 1.29 is 57.0 Å². The molecule has 0 aromatic rings. The fraction of sp³-hybridized carbons (Fsp3) is 0.778. The number of carbonyl (C=O) groups excluding carboxylic acids is 4. The van der Waals surface area contributed by atoms with Crippen LogP contribution in [0.2, 0.25) is 0 Å². The normalized spacial score (nSPS) is 19.4. The molecule has 3 rings (SSSR count). The minimum Gasteiger partial charge on any atom is -0.379 e. The van der Waals surface area contributed by atoms with E-state index in [1.165, 1.54) is 0 Å². The summed E-state index contributed by atoms with van der Waals surface area (Å²) in [7, 11) is 0. The SMILES string of the molecule is C#CCOCCOCCCC(=O)CCC(CCC(=O)NCCOCCOCC#C)(CCC(=O)NCCOCCOCC#C)NC(=O)C12CCC(OP(O)(=S)C(C)(C)C)(CC1)CC2. The van der Waals surface area contributed by atoms with E-state index < -0.39 is 28.2 Å². The van der Waals surface area contributed by atoms with Crippen LogP contribution in [0.1, 0.15) is 111 Å². The van der Waals surface area contributed by atoms with Crippen molar-refractivity contribution in [2.75, 3.05) is 92.4 Å². The topological polar surface area (TPSA) is 189 Å². The molecule has 3 amide bonds. The fourth-order valence-electron chi connectivity index (χ4n) is 7.30. The Morgan fingerprint density at radius 2 is 1.05 bits per heavy atom. The van der Waals surface area contributed by atoms with Crippen molar-refractivity contribution in [1.82, 2.24) is 16.0 Å². The number of fused-ring (bicyclic) bond motifs is 3. The first-order valence-corrected chi connectivity index (χ1v) is 24.4. The lowest BCUT2D eigenvalue weighted by Crippen LogP contribution is -2.59. The summed E-state index contributed by atoms with van der Waals surface area (Å²) in [5.74, 6) is 6.47.